The molecule has 3 heteroatoms. The molecule has 0 bridgehead atoms. The third kappa shape index (κ3) is 3.39. The topological polar surface area (TPSA) is 21.3 Å². The first-order valence-electron chi connectivity index (χ1n) is 6.76. The molecule has 18 heavy (non-hydrogen) atoms. The fourth-order valence-electron chi connectivity index (χ4n) is 2.75. The summed E-state index contributed by atoms with van der Waals surface area (Å²) < 4.78 is 5.37. The third-order valence-corrected chi connectivity index (χ3v) is 4.25. The molecule has 1 aliphatic rings. The van der Waals surface area contributed by atoms with Crippen LogP contribution in [0, 0.1) is 5.92 Å². The van der Waals surface area contributed by atoms with Crippen LogP contribution >= 0.6 is 11.6 Å². The van der Waals surface area contributed by atoms with Crippen molar-refractivity contribution in [3.63, 3.8) is 0 Å². The number of halogens is 1. The Hall–Kier alpha value is -0.730. The van der Waals surface area contributed by atoms with Gasteiger partial charge in [-0.3, -0.25) is 0 Å². The number of alkyl halides is 1. The van der Waals surface area contributed by atoms with Gasteiger partial charge < -0.3 is 10.1 Å². The standard InChI is InChI=1S/C15H22ClNO/c1-18-15-9-5-3-7-13(15)11-17-14-8-4-2-6-12(14)10-16/h3,5,7,9,12,14,17H,2,4,6,8,10-11H2,1H3. The average molecular weight is 268 g/mol. The van der Waals surface area contributed by atoms with Gasteiger partial charge in [-0.1, -0.05) is 31.0 Å². The van der Waals surface area contributed by atoms with Crippen molar-refractivity contribution < 1.29 is 4.74 Å². The van der Waals surface area contributed by atoms with Crippen molar-refractivity contribution in [2.75, 3.05) is 13.0 Å². The first-order valence-corrected chi connectivity index (χ1v) is 7.30. The first-order chi connectivity index (χ1) is 8.85. The van der Waals surface area contributed by atoms with Crippen molar-refractivity contribution >= 4 is 11.6 Å². The lowest BCUT2D eigenvalue weighted by atomic mass is 9.85. The summed E-state index contributed by atoms with van der Waals surface area (Å²) in [7, 11) is 1.72. The van der Waals surface area contributed by atoms with E-state index in [1.54, 1.807) is 7.11 Å². The summed E-state index contributed by atoms with van der Waals surface area (Å²) in [6.45, 7) is 0.863. The summed E-state index contributed by atoms with van der Waals surface area (Å²) in [6.07, 6.45) is 5.14. The molecule has 100 valence electrons. The van der Waals surface area contributed by atoms with E-state index >= 15 is 0 Å². The number of hydrogen-bond acceptors (Lipinski definition) is 2. The van der Waals surface area contributed by atoms with Crippen LogP contribution in [0.15, 0.2) is 24.3 Å². The Labute approximate surface area is 115 Å². The zero-order valence-electron chi connectivity index (χ0n) is 11.0. The molecular formula is C15H22ClNO. The van der Waals surface area contributed by atoms with E-state index in [4.69, 9.17) is 16.3 Å². The molecule has 0 radical (unpaired) electrons. The second kappa shape index (κ2) is 7.01. The van der Waals surface area contributed by atoms with Crippen LogP contribution in [0.4, 0.5) is 0 Å². The molecule has 2 rings (SSSR count). The summed E-state index contributed by atoms with van der Waals surface area (Å²) in [5.74, 6) is 2.35. The number of nitrogens with one attached hydrogen (secondary N) is 1. The van der Waals surface area contributed by atoms with Crippen LogP contribution in [0.25, 0.3) is 0 Å². The summed E-state index contributed by atoms with van der Waals surface area (Å²) >= 11 is 6.05. The molecular weight excluding hydrogens is 246 g/mol. The lowest BCUT2D eigenvalue weighted by Crippen LogP contribution is -2.39. The van der Waals surface area contributed by atoms with Gasteiger partial charge in [0.05, 0.1) is 7.11 Å². The van der Waals surface area contributed by atoms with Gasteiger partial charge in [0.25, 0.3) is 0 Å². The molecule has 1 saturated carbocycles. The summed E-state index contributed by atoms with van der Waals surface area (Å²) in [5, 5.41) is 3.65. The molecule has 2 unspecified atom stereocenters. The van der Waals surface area contributed by atoms with Gasteiger partial charge in [0, 0.05) is 24.0 Å². The van der Waals surface area contributed by atoms with Crippen molar-refractivity contribution in [1.82, 2.24) is 5.32 Å². The highest BCUT2D eigenvalue weighted by Gasteiger charge is 2.23. The van der Waals surface area contributed by atoms with E-state index < -0.39 is 0 Å². The van der Waals surface area contributed by atoms with Crippen LogP contribution < -0.4 is 10.1 Å². The van der Waals surface area contributed by atoms with E-state index in [2.05, 4.69) is 17.4 Å². The molecule has 1 fully saturated rings. The fourth-order valence-corrected chi connectivity index (χ4v) is 3.12. The summed E-state index contributed by atoms with van der Waals surface area (Å²) in [5.41, 5.74) is 1.22. The fraction of sp³-hybridized carbons (Fsp3) is 0.600. The maximum absolute atomic E-state index is 6.05. The maximum atomic E-state index is 6.05. The van der Waals surface area contributed by atoms with E-state index in [0.717, 1.165) is 18.2 Å². The van der Waals surface area contributed by atoms with Gasteiger partial charge in [0.2, 0.25) is 0 Å². The van der Waals surface area contributed by atoms with Gasteiger partial charge in [-0.2, -0.15) is 0 Å². The van der Waals surface area contributed by atoms with Crippen molar-refractivity contribution in [1.29, 1.82) is 0 Å². The smallest absolute Gasteiger partial charge is 0.123 e. The molecule has 1 aromatic rings. The Kier molecular flexibility index (Phi) is 5.33. The summed E-state index contributed by atoms with van der Waals surface area (Å²) in [6, 6.07) is 8.74. The average Bonchev–Trinajstić information content (AvgIpc) is 2.45. The lowest BCUT2D eigenvalue weighted by molar-refractivity contribution is 0.281. The second-order valence-electron chi connectivity index (χ2n) is 5.00. The Morgan fingerprint density at radius 3 is 2.83 bits per heavy atom. The SMILES string of the molecule is COc1ccccc1CNC1CCCCC1CCl. The number of methoxy groups -OCH3 is 1. The molecule has 1 aliphatic carbocycles. The van der Waals surface area contributed by atoms with Gasteiger partial charge in [-0.05, 0) is 24.8 Å². The van der Waals surface area contributed by atoms with E-state index in [-0.39, 0.29) is 0 Å². The maximum Gasteiger partial charge on any atom is 0.123 e. The molecule has 0 aliphatic heterocycles. The minimum atomic E-state index is 0.557. The predicted molar refractivity (Wildman–Crippen MR) is 76.3 cm³/mol. The number of hydrogen-bond donors (Lipinski definition) is 1. The molecule has 0 aromatic heterocycles. The van der Waals surface area contributed by atoms with E-state index in [1.165, 1.54) is 31.2 Å². The van der Waals surface area contributed by atoms with Gasteiger partial charge in [0.1, 0.15) is 5.75 Å². The van der Waals surface area contributed by atoms with Gasteiger partial charge in [0.15, 0.2) is 0 Å². The quantitative estimate of drug-likeness (QED) is 0.824. The molecule has 0 amide bonds. The Morgan fingerprint density at radius 2 is 2.06 bits per heavy atom. The Morgan fingerprint density at radius 1 is 1.28 bits per heavy atom. The monoisotopic (exact) mass is 267 g/mol. The van der Waals surface area contributed by atoms with Crippen molar-refractivity contribution in [2.45, 2.75) is 38.3 Å². The zero-order valence-corrected chi connectivity index (χ0v) is 11.7. The van der Waals surface area contributed by atoms with Crippen LogP contribution in [0.2, 0.25) is 0 Å². The largest absolute Gasteiger partial charge is 0.496 e. The van der Waals surface area contributed by atoms with Crippen LogP contribution in [0.5, 0.6) is 5.75 Å². The van der Waals surface area contributed by atoms with E-state index in [1.807, 2.05) is 12.1 Å². The normalized spacial score (nSPS) is 23.9. The Bertz CT molecular complexity index is 369. The molecule has 2 nitrogen and oxygen atoms in total. The van der Waals surface area contributed by atoms with Crippen LogP contribution in [-0.2, 0) is 6.54 Å². The predicted octanol–water partition coefficient (Wildman–Crippen LogP) is 3.58. The summed E-state index contributed by atoms with van der Waals surface area (Å²) in [4.78, 5) is 0. The minimum Gasteiger partial charge on any atom is -0.496 e. The highest BCUT2D eigenvalue weighted by Crippen LogP contribution is 2.26. The van der Waals surface area contributed by atoms with Gasteiger partial charge in [-0.25, -0.2) is 0 Å². The minimum absolute atomic E-state index is 0.557. The highest BCUT2D eigenvalue weighted by molar-refractivity contribution is 6.18. The van der Waals surface area contributed by atoms with Crippen LogP contribution in [0.1, 0.15) is 31.2 Å². The number of ether oxygens (including phenoxy) is 1. The van der Waals surface area contributed by atoms with Crippen molar-refractivity contribution in [2.24, 2.45) is 5.92 Å². The highest BCUT2D eigenvalue weighted by atomic mass is 35.5. The molecule has 0 spiro atoms. The third-order valence-electron chi connectivity index (χ3n) is 3.85. The van der Waals surface area contributed by atoms with Gasteiger partial charge >= 0.3 is 0 Å². The molecule has 1 N–H and O–H groups in total. The number of benzene rings is 1. The lowest BCUT2D eigenvalue weighted by Gasteiger charge is -2.31. The number of para-hydroxylation sites is 1. The van der Waals surface area contributed by atoms with Crippen molar-refractivity contribution in [3.8, 4) is 5.75 Å². The first kappa shape index (κ1) is 13.7. The molecule has 0 saturated heterocycles. The molecule has 2 atom stereocenters. The van der Waals surface area contributed by atoms with E-state index in [9.17, 15) is 0 Å². The van der Waals surface area contributed by atoms with Gasteiger partial charge in [-0.15, -0.1) is 11.6 Å². The second-order valence-corrected chi connectivity index (χ2v) is 5.31. The molecule has 0 heterocycles. The Balaban J connectivity index is 1.93. The van der Waals surface area contributed by atoms with Crippen LogP contribution in [0.3, 0.4) is 0 Å². The van der Waals surface area contributed by atoms with Crippen LogP contribution in [-0.4, -0.2) is 19.0 Å². The van der Waals surface area contributed by atoms with E-state index in [0.29, 0.717) is 12.0 Å². The number of rotatable bonds is 5. The van der Waals surface area contributed by atoms with Crippen molar-refractivity contribution in [3.05, 3.63) is 29.8 Å². The molecule has 1 aromatic carbocycles. The zero-order chi connectivity index (χ0) is 12.8.